The molecule has 0 saturated carbocycles. The molecule has 0 radical (unpaired) electrons. The Bertz CT molecular complexity index is 590. The molecule has 0 heterocycles. The van der Waals surface area contributed by atoms with Crippen molar-refractivity contribution < 1.29 is 39.5 Å². The van der Waals surface area contributed by atoms with Crippen molar-refractivity contribution in [2.45, 2.75) is 6.92 Å². The van der Waals surface area contributed by atoms with Crippen LogP contribution in [0.15, 0.2) is 86.5 Å². The van der Waals surface area contributed by atoms with Gasteiger partial charge in [-0.2, -0.15) is 0 Å². The Morgan fingerprint density at radius 1 is 0.957 bits per heavy atom. The van der Waals surface area contributed by atoms with Crippen LogP contribution in [-0.4, -0.2) is 11.1 Å². The first-order chi connectivity index (χ1) is 10.5. The number of hydrogen-bond donors (Lipinski definition) is 1. The van der Waals surface area contributed by atoms with E-state index in [0.29, 0.717) is 0 Å². The molecule has 114 valence electrons. The van der Waals surface area contributed by atoms with Crippen molar-refractivity contribution >= 4 is 17.6 Å². The molecule has 0 spiro atoms. The molecule has 0 bridgehead atoms. The maximum absolute atomic E-state index is 9.25. The summed E-state index contributed by atoms with van der Waals surface area (Å²) in [6.07, 6.45) is 2.67. The van der Waals surface area contributed by atoms with Crippen LogP contribution in [0.25, 0.3) is 11.6 Å². The Morgan fingerprint density at radius 3 is 1.57 bits per heavy atom. The fourth-order valence-electron chi connectivity index (χ4n) is 1.31. The molecule has 0 aliphatic carbocycles. The van der Waals surface area contributed by atoms with E-state index >= 15 is 0 Å². The van der Waals surface area contributed by atoms with Gasteiger partial charge < -0.3 is 5.11 Å². The third-order valence-electron chi connectivity index (χ3n) is 2.48. The molecule has 2 aromatic rings. The van der Waals surface area contributed by atoms with Gasteiger partial charge >= 0.3 is 35.5 Å². The molecule has 0 aliphatic rings. The number of carboxylic acids is 1. The largest absolute Gasteiger partial charge is 1.00 e. The SMILES string of the molecule is C=C(C)c1ccccc1.C=CC(=O)O.C=Cc1ccccc1.[Na+]. The summed E-state index contributed by atoms with van der Waals surface area (Å²) in [6, 6.07) is 20.2. The summed E-state index contributed by atoms with van der Waals surface area (Å²) in [5.74, 6) is -0.981. The molecular formula is C20H22NaO2+. The van der Waals surface area contributed by atoms with E-state index in [2.05, 4.69) is 31.9 Å². The number of benzene rings is 2. The molecule has 0 unspecified atom stereocenters. The van der Waals surface area contributed by atoms with Gasteiger partial charge in [-0.05, 0) is 18.1 Å². The fourth-order valence-corrected chi connectivity index (χ4v) is 1.31. The van der Waals surface area contributed by atoms with Gasteiger partial charge in [-0.1, -0.05) is 92.0 Å². The van der Waals surface area contributed by atoms with Crippen molar-refractivity contribution in [3.05, 3.63) is 97.6 Å². The maximum atomic E-state index is 9.25. The van der Waals surface area contributed by atoms with Crippen molar-refractivity contribution in [1.29, 1.82) is 0 Å². The second-order valence-electron chi connectivity index (χ2n) is 4.30. The van der Waals surface area contributed by atoms with E-state index in [4.69, 9.17) is 5.11 Å². The first-order valence-electron chi connectivity index (χ1n) is 6.75. The van der Waals surface area contributed by atoms with E-state index in [1.165, 1.54) is 11.1 Å². The van der Waals surface area contributed by atoms with Crippen LogP contribution in [0.5, 0.6) is 0 Å². The number of carbonyl (C=O) groups is 1. The normalized spacial score (nSPS) is 7.87. The Hall–Kier alpha value is -1.87. The number of carboxylic acid groups (broad SMARTS) is 1. The molecule has 2 nitrogen and oxygen atoms in total. The summed E-state index contributed by atoms with van der Waals surface area (Å²) in [4.78, 5) is 9.25. The molecule has 0 aliphatic heterocycles. The predicted octanol–water partition coefficient (Wildman–Crippen LogP) is 2.31. The predicted molar refractivity (Wildman–Crippen MR) is 95.5 cm³/mol. The minimum absolute atomic E-state index is 0. The van der Waals surface area contributed by atoms with Gasteiger partial charge in [-0.3, -0.25) is 0 Å². The Balaban J connectivity index is 0. The van der Waals surface area contributed by atoms with E-state index in [1.54, 1.807) is 0 Å². The van der Waals surface area contributed by atoms with Crippen LogP contribution in [-0.2, 0) is 4.79 Å². The average Bonchev–Trinajstić information content (AvgIpc) is 2.57. The molecule has 1 N–H and O–H groups in total. The fraction of sp³-hybridized carbons (Fsp3) is 0.0500. The van der Waals surface area contributed by atoms with Gasteiger partial charge in [0.2, 0.25) is 0 Å². The van der Waals surface area contributed by atoms with Gasteiger partial charge in [0.25, 0.3) is 0 Å². The van der Waals surface area contributed by atoms with Gasteiger partial charge in [0.15, 0.2) is 0 Å². The zero-order chi connectivity index (χ0) is 16.8. The van der Waals surface area contributed by atoms with E-state index in [-0.39, 0.29) is 29.6 Å². The topological polar surface area (TPSA) is 37.3 Å². The van der Waals surface area contributed by atoms with Crippen LogP contribution in [0, 0.1) is 0 Å². The van der Waals surface area contributed by atoms with Gasteiger partial charge in [0, 0.05) is 6.08 Å². The summed E-state index contributed by atoms with van der Waals surface area (Å²) in [5, 5.41) is 7.60. The van der Waals surface area contributed by atoms with Crippen molar-refractivity contribution in [2.75, 3.05) is 0 Å². The third-order valence-corrected chi connectivity index (χ3v) is 2.48. The minimum atomic E-state index is -0.981. The second-order valence-corrected chi connectivity index (χ2v) is 4.30. The molecule has 2 rings (SSSR count). The molecule has 23 heavy (non-hydrogen) atoms. The Kier molecular flexibility index (Phi) is 15.3. The standard InChI is InChI=1S/C9H10.C8H8.C3H4O2.Na/c1-8(2)9-6-4-3-5-7-9;1-2-8-6-4-3-5-7-8;1-2-3(4)5;/h3-7H,1H2,2H3;2-7H,1H2;2H,1H2,(H,4,5);/q;;;+1. The zero-order valence-electron chi connectivity index (χ0n) is 13.9. The molecule has 0 aromatic heterocycles. The van der Waals surface area contributed by atoms with Crippen LogP contribution >= 0.6 is 0 Å². The van der Waals surface area contributed by atoms with Crippen LogP contribution in [0.1, 0.15) is 18.1 Å². The first-order valence-corrected chi connectivity index (χ1v) is 6.75. The molecule has 0 amide bonds. The van der Waals surface area contributed by atoms with Gasteiger partial charge in [0.1, 0.15) is 0 Å². The monoisotopic (exact) mass is 317 g/mol. The van der Waals surface area contributed by atoms with E-state index in [1.807, 2.05) is 61.5 Å². The van der Waals surface area contributed by atoms with Crippen molar-refractivity contribution in [2.24, 2.45) is 0 Å². The average molecular weight is 317 g/mol. The summed E-state index contributed by atoms with van der Waals surface area (Å²) in [5.41, 5.74) is 3.51. The third kappa shape index (κ3) is 13.5. The summed E-state index contributed by atoms with van der Waals surface area (Å²) in [6.45, 7) is 12.4. The van der Waals surface area contributed by atoms with Crippen molar-refractivity contribution in [3.8, 4) is 0 Å². The Morgan fingerprint density at radius 2 is 1.35 bits per heavy atom. The van der Waals surface area contributed by atoms with Gasteiger partial charge in [-0.15, -0.1) is 0 Å². The summed E-state index contributed by atoms with van der Waals surface area (Å²) in [7, 11) is 0. The smallest absolute Gasteiger partial charge is 0.478 e. The molecule has 0 fully saturated rings. The number of hydrogen-bond acceptors (Lipinski definition) is 1. The van der Waals surface area contributed by atoms with E-state index in [0.717, 1.165) is 11.6 Å². The molecule has 0 saturated heterocycles. The molecular weight excluding hydrogens is 295 g/mol. The van der Waals surface area contributed by atoms with Crippen molar-refractivity contribution in [1.82, 2.24) is 0 Å². The molecule has 0 atom stereocenters. The van der Waals surface area contributed by atoms with Crippen molar-refractivity contribution in [3.63, 3.8) is 0 Å². The van der Waals surface area contributed by atoms with E-state index in [9.17, 15) is 4.79 Å². The minimum Gasteiger partial charge on any atom is -0.478 e. The zero-order valence-corrected chi connectivity index (χ0v) is 15.9. The summed E-state index contributed by atoms with van der Waals surface area (Å²) >= 11 is 0. The van der Waals surface area contributed by atoms with Crippen LogP contribution in [0.2, 0.25) is 0 Å². The molecule has 2 aromatic carbocycles. The van der Waals surface area contributed by atoms with Gasteiger partial charge in [-0.25, -0.2) is 4.79 Å². The first kappa shape index (κ1) is 23.4. The number of allylic oxidation sites excluding steroid dienone is 1. The Labute approximate surface area is 161 Å². The van der Waals surface area contributed by atoms with Crippen LogP contribution in [0.4, 0.5) is 0 Å². The number of rotatable bonds is 3. The van der Waals surface area contributed by atoms with Crippen LogP contribution < -0.4 is 29.6 Å². The second kappa shape index (κ2) is 15.0. The quantitative estimate of drug-likeness (QED) is 0.697. The van der Waals surface area contributed by atoms with Gasteiger partial charge in [0.05, 0.1) is 0 Å². The molecule has 3 heteroatoms. The summed E-state index contributed by atoms with van der Waals surface area (Å²) < 4.78 is 0. The van der Waals surface area contributed by atoms with Crippen LogP contribution in [0.3, 0.4) is 0 Å². The maximum Gasteiger partial charge on any atom is 1.00 e. The number of aliphatic carboxylic acids is 1. The van der Waals surface area contributed by atoms with E-state index < -0.39 is 5.97 Å².